The molecule has 0 atom stereocenters. The lowest BCUT2D eigenvalue weighted by Crippen LogP contribution is -2.31. The maximum atomic E-state index is 14.1. The minimum absolute atomic E-state index is 0.0247. The molecule has 5 N–H and O–H groups in total. The minimum Gasteiger partial charge on any atom is -0.419 e. The Morgan fingerprint density at radius 3 is 1.48 bits per heavy atom. The number of nitrogen functional groups attached to an aromatic ring is 1. The fourth-order valence-electron chi connectivity index (χ4n) is 4.80. The molecule has 12 nitrogen and oxygen atoms in total. The summed E-state index contributed by atoms with van der Waals surface area (Å²) in [6.07, 6.45) is 0. The molecule has 0 saturated carbocycles. The number of halogens is 6. The summed E-state index contributed by atoms with van der Waals surface area (Å²) in [4.78, 5) is 11.8. The number of benzene rings is 4. The Labute approximate surface area is 376 Å². The molecule has 0 aliphatic rings. The molecule has 1 aromatic heterocycles. The minimum atomic E-state index is -4.05. The molecule has 0 fully saturated rings. The van der Waals surface area contributed by atoms with Crippen LogP contribution in [0.2, 0.25) is 10.0 Å². The van der Waals surface area contributed by atoms with Gasteiger partial charge < -0.3 is 4.42 Å². The van der Waals surface area contributed by atoms with E-state index in [9.17, 15) is 30.4 Å². The Morgan fingerprint density at radius 1 is 0.689 bits per heavy atom. The highest BCUT2D eigenvalue weighted by Crippen LogP contribution is 2.34. The molecule has 5 rings (SSSR count). The van der Waals surface area contributed by atoms with E-state index < -0.39 is 37.6 Å². The van der Waals surface area contributed by atoms with Gasteiger partial charge in [0.05, 0.1) is 42.3 Å². The largest absolute Gasteiger partial charge is 0.419 e. The van der Waals surface area contributed by atoms with Crippen LogP contribution in [-0.4, -0.2) is 38.8 Å². The number of nitrogens with zero attached hydrogens (tertiary/aromatic N) is 2. The molecule has 20 heteroatoms. The van der Waals surface area contributed by atoms with E-state index in [-0.39, 0.29) is 70.8 Å². The van der Waals surface area contributed by atoms with Crippen molar-refractivity contribution in [2.24, 2.45) is 11.3 Å². The molecule has 5 aromatic rings. The van der Waals surface area contributed by atoms with Crippen LogP contribution in [0, 0.1) is 17.0 Å². The number of rotatable bonds is 9. The third-order valence-corrected chi connectivity index (χ3v) is 12.6. The number of nitrogens with one attached hydrogen (secondary N) is 3. The maximum Gasteiger partial charge on any atom is 0.267 e. The zero-order chi connectivity index (χ0) is 46.3. The third-order valence-electron chi connectivity index (χ3n) is 8.26. The molecule has 0 radical (unpaired) electrons. The molecular weight excluding hydrogens is 916 g/mol. The average molecular weight is 965 g/mol. The Morgan fingerprint density at radius 2 is 1.10 bits per heavy atom. The van der Waals surface area contributed by atoms with Crippen molar-refractivity contribution in [1.29, 1.82) is 0 Å². The van der Waals surface area contributed by atoms with E-state index in [0.717, 1.165) is 35.2 Å². The summed E-state index contributed by atoms with van der Waals surface area (Å²) in [7, 11) is -8.06. The van der Waals surface area contributed by atoms with Crippen molar-refractivity contribution in [3.05, 3.63) is 117 Å². The van der Waals surface area contributed by atoms with Crippen molar-refractivity contribution >= 4 is 83.7 Å². The first kappa shape index (κ1) is 51.3. The van der Waals surface area contributed by atoms with E-state index in [2.05, 4.69) is 40.4 Å². The molecule has 0 aliphatic heterocycles. The fourth-order valence-corrected chi connectivity index (χ4v) is 7.37. The van der Waals surface area contributed by atoms with Crippen LogP contribution >= 0.6 is 46.4 Å². The van der Waals surface area contributed by atoms with Gasteiger partial charge in [-0.3, -0.25) is 19.7 Å². The van der Waals surface area contributed by atoms with Gasteiger partial charge in [-0.2, -0.15) is 0 Å². The van der Waals surface area contributed by atoms with E-state index >= 15 is 0 Å². The predicted octanol–water partition coefficient (Wildman–Crippen LogP) is 10.8. The summed E-state index contributed by atoms with van der Waals surface area (Å²) in [5.41, 5.74) is 3.42. The lowest BCUT2D eigenvalue weighted by atomic mass is 9.87. The van der Waals surface area contributed by atoms with Gasteiger partial charge >= 0.3 is 0 Å². The van der Waals surface area contributed by atoms with Crippen LogP contribution in [0.3, 0.4) is 0 Å². The number of anilines is 2. The highest BCUT2D eigenvalue weighted by molar-refractivity contribution is 7.93. The number of carbonyl (C=O) groups is 1. The van der Waals surface area contributed by atoms with Gasteiger partial charge in [-0.05, 0) is 63.8 Å². The lowest BCUT2D eigenvalue weighted by Gasteiger charge is -2.19. The molecule has 0 saturated heterocycles. The molecule has 1 heterocycles. The second-order valence-corrected chi connectivity index (χ2v) is 21.4. The standard InChI is InChI=1S/C19H18Cl2FN3O3S.C17H19ClFN3O3S.C5H11Cl/c1-19(2,3)11-4-6-12(7-5-11)29(26,27)25-16-9-15(22)14(21)8-13(16)18-24-23-17(10-20)28-18;1-17(2,3)10-4-6-11(7-5-10)26(24,25)22-15-9-14(19)13(18)8-12(15)16(23)21-20;1-5(2,3)4-6/h4-9,25H,10H2,1-3H3;4-9,22H,20H2,1-3H3,(H,21,23);4H2,1-3H3. The first-order valence-electron chi connectivity index (χ1n) is 18.2. The van der Waals surface area contributed by atoms with Gasteiger partial charge in [0, 0.05) is 18.0 Å². The van der Waals surface area contributed by atoms with E-state index in [1.165, 1.54) is 30.3 Å². The van der Waals surface area contributed by atoms with Crippen LogP contribution in [0.1, 0.15) is 89.7 Å². The van der Waals surface area contributed by atoms with Crippen molar-refractivity contribution in [3.8, 4) is 11.5 Å². The fraction of sp³-hybridized carbons (Fsp3) is 0.341. The van der Waals surface area contributed by atoms with Gasteiger partial charge in [-0.25, -0.2) is 31.5 Å². The number of nitrogens with two attached hydrogens (primary N) is 1. The van der Waals surface area contributed by atoms with E-state index in [0.29, 0.717) is 5.41 Å². The Kier molecular flexibility index (Phi) is 17.2. The summed E-state index contributed by atoms with van der Waals surface area (Å²) in [6, 6.07) is 16.7. The van der Waals surface area contributed by atoms with Crippen LogP contribution in [0.25, 0.3) is 11.5 Å². The van der Waals surface area contributed by atoms with Crippen molar-refractivity contribution in [2.45, 2.75) is 88.8 Å². The molecule has 332 valence electrons. The SMILES string of the molecule is CC(C)(C)CCl.CC(C)(C)c1ccc(S(=O)(=O)Nc2cc(F)c(Cl)cc2-c2nnc(CCl)o2)cc1.CC(C)(C)c1ccc(S(=O)(=O)Nc2cc(F)c(Cl)cc2C(=O)NN)cc1. The van der Waals surface area contributed by atoms with Crippen LogP contribution in [0.4, 0.5) is 20.2 Å². The molecular formula is C41H48Cl4F2N6O6S2. The summed E-state index contributed by atoms with van der Waals surface area (Å²) in [5.74, 6) is 3.41. The highest BCUT2D eigenvalue weighted by Gasteiger charge is 2.24. The summed E-state index contributed by atoms with van der Waals surface area (Å²) in [5, 5.41) is 6.99. The van der Waals surface area contributed by atoms with Crippen LogP contribution in [-0.2, 0) is 36.8 Å². The normalized spacial score (nSPS) is 12.1. The predicted molar refractivity (Wildman–Crippen MR) is 239 cm³/mol. The highest BCUT2D eigenvalue weighted by atomic mass is 35.5. The average Bonchev–Trinajstić information content (AvgIpc) is 3.66. The van der Waals surface area contributed by atoms with Gasteiger partial charge in [0.15, 0.2) is 0 Å². The van der Waals surface area contributed by atoms with Gasteiger partial charge in [0.2, 0.25) is 11.8 Å². The van der Waals surface area contributed by atoms with E-state index in [1.807, 2.05) is 47.0 Å². The Hall–Kier alpha value is -4.03. The van der Waals surface area contributed by atoms with Gasteiger partial charge in [0.1, 0.15) is 17.5 Å². The number of hydrogen-bond donors (Lipinski definition) is 4. The first-order chi connectivity index (χ1) is 28.0. The third kappa shape index (κ3) is 14.5. The summed E-state index contributed by atoms with van der Waals surface area (Å²) < 4.78 is 88.6. The molecule has 0 aliphatic carbocycles. The molecule has 1 amide bonds. The van der Waals surface area contributed by atoms with Gasteiger partial charge in [-0.15, -0.1) is 33.4 Å². The second-order valence-electron chi connectivity index (χ2n) is 16.7. The monoisotopic (exact) mass is 962 g/mol. The van der Waals surface area contributed by atoms with Gasteiger partial charge in [-0.1, -0.05) is 110 Å². The smallest absolute Gasteiger partial charge is 0.267 e. The van der Waals surface area contributed by atoms with Crippen molar-refractivity contribution in [3.63, 3.8) is 0 Å². The molecule has 0 bridgehead atoms. The van der Waals surface area contributed by atoms with Crippen molar-refractivity contribution in [2.75, 3.05) is 15.3 Å². The van der Waals surface area contributed by atoms with Crippen LogP contribution < -0.4 is 20.7 Å². The van der Waals surface area contributed by atoms with Crippen molar-refractivity contribution in [1.82, 2.24) is 15.6 Å². The van der Waals surface area contributed by atoms with Crippen LogP contribution in [0.5, 0.6) is 0 Å². The van der Waals surface area contributed by atoms with E-state index in [1.54, 1.807) is 24.3 Å². The van der Waals surface area contributed by atoms with Crippen molar-refractivity contribution < 1.29 is 34.8 Å². The summed E-state index contributed by atoms with van der Waals surface area (Å²) >= 11 is 22.7. The summed E-state index contributed by atoms with van der Waals surface area (Å²) in [6.45, 7) is 18.4. The zero-order valence-electron chi connectivity index (χ0n) is 34.8. The maximum absolute atomic E-state index is 14.1. The quantitative estimate of drug-likeness (QED) is 0.0483. The Bertz CT molecular complexity index is 2540. The number of sulfonamides is 2. The first-order valence-corrected chi connectivity index (χ1v) is 23.0. The number of carbonyl (C=O) groups excluding carboxylic acids is 1. The second kappa shape index (κ2) is 20.4. The number of amides is 1. The molecule has 61 heavy (non-hydrogen) atoms. The molecule has 0 spiro atoms. The van der Waals surface area contributed by atoms with Gasteiger partial charge in [0.25, 0.3) is 26.0 Å². The number of aromatic nitrogens is 2. The lowest BCUT2D eigenvalue weighted by molar-refractivity contribution is 0.0954. The number of hydrazine groups is 1. The molecule has 0 unspecified atom stereocenters. The number of hydrogen-bond acceptors (Lipinski definition) is 9. The Balaban J connectivity index is 0.000000288. The van der Waals surface area contributed by atoms with Crippen LogP contribution in [0.15, 0.2) is 87.0 Å². The zero-order valence-corrected chi connectivity index (χ0v) is 39.5. The topological polar surface area (TPSA) is 186 Å². The van der Waals surface area contributed by atoms with E-state index in [4.69, 9.17) is 56.7 Å². The molecule has 4 aromatic carbocycles. The number of alkyl halides is 2.